The molecule has 1 aliphatic heterocycles. The number of rotatable bonds is 4. The largest absolute Gasteiger partial charge is 0.336 e. The molecule has 1 amide bonds. The van der Waals surface area contributed by atoms with E-state index in [1.165, 1.54) is 12.3 Å². The van der Waals surface area contributed by atoms with Crippen LogP contribution in [-0.2, 0) is 19.5 Å². The molecule has 25 heavy (non-hydrogen) atoms. The summed E-state index contributed by atoms with van der Waals surface area (Å²) in [7, 11) is 2.09. The molecule has 3 rings (SSSR count). The van der Waals surface area contributed by atoms with Crippen LogP contribution in [0.1, 0.15) is 35.7 Å². The van der Waals surface area contributed by atoms with Crippen LogP contribution in [0.2, 0.25) is 0 Å². The Labute approximate surface area is 147 Å². The summed E-state index contributed by atoms with van der Waals surface area (Å²) in [6.07, 6.45) is 5.12. The van der Waals surface area contributed by atoms with E-state index in [9.17, 15) is 9.18 Å². The van der Waals surface area contributed by atoms with Gasteiger partial charge in [0.25, 0.3) is 5.91 Å². The van der Waals surface area contributed by atoms with Gasteiger partial charge in [-0.2, -0.15) is 0 Å². The molecule has 3 heterocycles. The smallest absolute Gasteiger partial charge is 0.257 e. The van der Waals surface area contributed by atoms with E-state index in [0.717, 1.165) is 24.3 Å². The fraction of sp³-hybridized carbons (Fsp3) is 0.500. The van der Waals surface area contributed by atoms with Crippen molar-refractivity contribution in [3.05, 3.63) is 47.6 Å². The summed E-state index contributed by atoms with van der Waals surface area (Å²) < 4.78 is 16.0. The molecule has 0 radical (unpaired) electrons. The maximum atomic E-state index is 13.8. The molecule has 0 aromatic carbocycles. The van der Waals surface area contributed by atoms with E-state index in [2.05, 4.69) is 40.3 Å². The van der Waals surface area contributed by atoms with Gasteiger partial charge in [-0.3, -0.25) is 14.7 Å². The van der Waals surface area contributed by atoms with Gasteiger partial charge >= 0.3 is 0 Å². The van der Waals surface area contributed by atoms with Crippen molar-refractivity contribution in [2.24, 2.45) is 0 Å². The number of aromatic nitrogens is 3. The van der Waals surface area contributed by atoms with Gasteiger partial charge in [0.15, 0.2) is 5.82 Å². The second-order valence-corrected chi connectivity index (χ2v) is 6.72. The second kappa shape index (κ2) is 7.31. The maximum Gasteiger partial charge on any atom is 0.257 e. The highest BCUT2D eigenvalue weighted by molar-refractivity contribution is 5.94. The monoisotopic (exact) mass is 345 g/mol. The first-order chi connectivity index (χ1) is 12.0. The zero-order chi connectivity index (χ0) is 18.0. The summed E-state index contributed by atoms with van der Waals surface area (Å²) in [6, 6.07) is 1.88. The number of nitrogens with zero attached hydrogens (tertiary/aromatic N) is 5. The van der Waals surface area contributed by atoms with Crippen LogP contribution in [0.4, 0.5) is 4.39 Å². The van der Waals surface area contributed by atoms with Crippen molar-refractivity contribution in [2.75, 3.05) is 20.1 Å². The van der Waals surface area contributed by atoms with Crippen LogP contribution >= 0.6 is 0 Å². The lowest BCUT2D eigenvalue weighted by molar-refractivity contribution is 0.0754. The number of carbonyl (C=O) groups is 1. The van der Waals surface area contributed by atoms with Crippen LogP contribution in [-0.4, -0.2) is 56.4 Å². The van der Waals surface area contributed by atoms with Gasteiger partial charge in [-0.25, -0.2) is 9.37 Å². The molecular formula is C18H24FN5O. The predicted molar refractivity (Wildman–Crippen MR) is 92.6 cm³/mol. The Bertz CT molecular complexity index is 758. The number of hydrogen-bond donors (Lipinski definition) is 0. The van der Waals surface area contributed by atoms with E-state index in [1.807, 2.05) is 6.20 Å². The lowest BCUT2D eigenvalue weighted by Gasteiger charge is -2.22. The standard InChI is InChI=1S/C18H24FN5O/c1-13(2)22(3)12-14-10-21-17-5-7-23(8-9-24(14)17)18(25)15-4-6-20-11-16(15)19/h4,6,10-11,13H,5,7-9,12H2,1-3H3. The quantitative estimate of drug-likeness (QED) is 0.850. The van der Waals surface area contributed by atoms with E-state index in [4.69, 9.17) is 0 Å². The van der Waals surface area contributed by atoms with Crippen molar-refractivity contribution in [3.63, 3.8) is 0 Å². The Kier molecular flexibility index (Phi) is 5.13. The highest BCUT2D eigenvalue weighted by Gasteiger charge is 2.24. The Balaban J connectivity index is 1.73. The molecule has 0 spiro atoms. The number of hydrogen-bond acceptors (Lipinski definition) is 4. The summed E-state index contributed by atoms with van der Waals surface area (Å²) in [4.78, 5) is 24.8. The zero-order valence-electron chi connectivity index (χ0n) is 14.9. The molecular weight excluding hydrogens is 321 g/mol. The van der Waals surface area contributed by atoms with Crippen LogP contribution in [0.15, 0.2) is 24.7 Å². The Morgan fingerprint density at radius 2 is 2.12 bits per heavy atom. The molecule has 0 N–H and O–H groups in total. The van der Waals surface area contributed by atoms with Gasteiger partial charge in [-0.1, -0.05) is 0 Å². The van der Waals surface area contributed by atoms with Crippen molar-refractivity contribution in [3.8, 4) is 0 Å². The van der Waals surface area contributed by atoms with E-state index >= 15 is 0 Å². The summed E-state index contributed by atoms with van der Waals surface area (Å²) in [5.41, 5.74) is 1.23. The summed E-state index contributed by atoms with van der Waals surface area (Å²) >= 11 is 0. The van der Waals surface area contributed by atoms with Crippen LogP contribution in [0.25, 0.3) is 0 Å². The molecule has 0 aliphatic carbocycles. The average molecular weight is 345 g/mol. The molecule has 0 saturated carbocycles. The topological polar surface area (TPSA) is 54.3 Å². The van der Waals surface area contributed by atoms with E-state index in [1.54, 1.807) is 4.90 Å². The zero-order valence-corrected chi connectivity index (χ0v) is 14.9. The summed E-state index contributed by atoms with van der Waals surface area (Å²) in [5.74, 6) is 0.123. The number of fused-ring (bicyclic) bond motifs is 1. The second-order valence-electron chi connectivity index (χ2n) is 6.72. The van der Waals surface area contributed by atoms with Crippen molar-refractivity contribution in [1.29, 1.82) is 0 Å². The molecule has 0 saturated heterocycles. The van der Waals surface area contributed by atoms with Crippen LogP contribution < -0.4 is 0 Å². The van der Waals surface area contributed by atoms with Crippen LogP contribution in [0, 0.1) is 5.82 Å². The fourth-order valence-corrected chi connectivity index (χ4v) is 2.98. The predicted octanol–water partition coefficient (Wildman–Crippen LogP) is 1.96. The minimum Gasteiger partial charge on any atom is -0.336 e. The number of amides is 1. The first-order valence-electron chi connectivity index (χ1n) is 8.59. The van der Waals surface area contributed by atoms with Gasteiger partial charge in [-0.15, -0.1) is 0 Å². The molecule has 6 nitrogen and oxygen atoms in total. The Morgan fingerprint density at radius 1 is 1.32 bits per heavy atom. The van der Waals surface area contributed by atoms with Gasteiger partial charge in [-0.05, 0) is 27.0 Å². The third-order valence-electron chi connectivity index (χ3n) is 4.80. The van der Waals surface area contributed by atoms with Gasteiger partial charge in [0.1, 0.15) is 5.82 Å². The molecule has 0 fully saturated rings. The highest BCUT2D eigenvalue weighted by Crippen LogP contribution is 2.16. The number of imidazole rings is 1. The minimum absolute atomic E-state index is 0.0781. The van der Waals surface area contributed by atoms with E-state index < -0.39 is 5.82 Å². The highest BCUT2D eigenvalue weighted by atomic mass is 19.1. The molecule has 2 aromatic heterocycles. The van der Waals surface area contributed by atoms with Crippen LogP contribution in [0.5, 0.6) is 0 Å². The van der Waals surface area contributed by atoms with Gasteiger partial charge < -0.3 is 9.47 Å². The average Bonchev–Trinajstić information content (AvgIpc) is 2.84. The SMILES string of the molecule is CC(C)N(C)Cc1cnc2n1CCN(C(=O)c1ccncc1F)CC2. The van der Waals surface area contributed by atoms with Gasteiger partial charge in [0.05, 0.1) is 17.5 Å². The third kappa shape index (κ3) is 3.71. The normalized spacial score (nSPS) is 14.7. The molecule has 0 bridgehead atoms. The summed E-state index contributed by atoms with van der Waals surface area (Å²) in [6.45, 7) is 6.89. The Morgan fingerprint density at radius 3 is 2.84 bits per heavy atom. The molecule has 7 heteroatoms. The first-order valence-corrected chi connectivity index (χ1v) is 8.59. The van der Waals surface area contributed by atoms with Gasteiger partial charge in [0, 0.05) is 51.0 Å². The molecule has 0 atom stereocenters. The lowest BCUT2D eigenvalue weighted by atomic mass is 10.2. The Hall–Kier alpha value is -2.28. The summed E-state index contributed by atoms with van der Waals surface area (Å²) in [5, 5.41) is 0. The number of halogens is 1. The van der Waals surface area contributed by atoms with Crippen molar-refractivity contribution in [1.82, 2.24) is 24.3 Å². The lowest BCUT2D eigenvalue weighted by Crippen LogP contribution is -2.34. The van der Waals surface area contributed by atoms with Crippen molar-refractivity contribution < 1.29 is 9.18 Å². The van der Waals surface area contributed by atoms with Gasteiger partial charge in [0.2, 0.25) is 0 Å². The fourth-order valence-electron chi connectivity index (χ4n) is 2.98. The molecule has 134 valence electrons. The maximum absolute atomic E-state index is 13.8. The minimum atomic E-state index is -0.575. The molecule has 2 aromatic rings. The van der Waals surface area contributed by atoms with Crippen LogP contribution in [0.3, 0.4) is 0 Å². The van der Waals surface area contributed by atoms with E-state index in [0.29, 0.717) is 32.1 Å². The number of pyridine rings is 1. The molecule has 0 unspecified atom stereocenters. The number of carbonyl (C=O) groups excluding carboxylic acids is 1. The van der Waals surface area contributed by atoms with E-state index in [-0.39, 0.29) is 11.5 Å². The van der Waals surface area contributed by atoms with Crippen molar-refractivity contribution >= 4 is 5.91 Å². The molecule has 1 aliphatic rings. The first kappa shape index (κ1) is 17.5. The van der Waals surface area contributed by atoms with Crippen molar-refractivity contribution in [2.45, 2.75) is 39.4 Å². The third-order valence-corrected chi connectivity index (χ3v) is 4.80.